The van der Waals surface area contributed by atoms with Gasteiger partial charge in [0.2, 0.25) is 0 Å². The number of rotatable bonds is 4. The molecule has 0 aromatic carbocycles. The summed E-state index contributed by atoms with van der Waals surface area (Å²) in [5.74, 6) is 0.654. The average Bonchev–Trinajstić information content (AvgIpc) is 2.19. The molecule has 0 saturated carbocycles. The second-order valence-electron chi connectivity index (χ2n) is 4.18. The van der Waals surface area contributed by atoms with Crippen molar-refractivity contribution in [1.82, 2.24) is 10.3 Å². The molecule has 1 aromatic rings. The summed E-state index contributed by atoms with van der Waals surface area (Å²) < 4.78 is 0. The van der Waals surface area contributed by atoms with Crippen molar-refractivity contribution in [2.24, 2.45) is 5.92 Å². The van der Waals surface area contributed by atoms with E-state index in [0.717, 1.165) is 5.69 Å². The minimum Gasteiger partial charge on any atom is -0.306 e. The first kappa shape index (κ1) is 11.2. The van der Waals surface area contributed by atoms with Gasteiger partial charge in [-0.3, -0.25) is 4.98 Å². The Morgan fingerprint density at radius 3 is 2.36 bits per heavy atom. The molecule has 0 aliphatic heterocycles. The van der Waals surface area contributed by atoms with Crippen molar-refractivity contribution < 1.29 is 0 Å². The van der Waals surface area contributed by atoms with Crippen LogP contribution in [0.15, 0.2) is 24.4 Å². The zero-order valence-electron chi connectivity index (χ0n) is 9.49. The molecule has 2 heteroatoms. The minimum atomic E-state index is 0.327. The van der Waals surface area contributed by atoms with Crippen molar-refractivity contribution in [3.63, 3.8) is 0 Å². The highest BCUT2D eigenvalue weighted by Gasteiger charge is 2.12. The highest BCUT2D eigenvalue weighted by Crippen LogP contribution is 2.11. The van der Waals surface area contributed by atoms with Crippen LogP contribution in [0.3, 0.4) is 0 Å². The number of hydrogen-bond acceptors (Lipinski definition) is 2. The molecule has 2 atom stereocenters. The van der Waals surface area contributed by atoms with Gasteiger partial charge in [-0.25, -0.2) is 0 Å². The third-order valence-electron chi connectivity index (χ3n) is 2.64. The number of aromatic nitrogens is 1. The normalized spacial score (nSPS) is 15.5. The van der Waals surface area contributed by atoms with Crippen LogP contribution in [-0.2, 0) is 0 Å². The Balaban J connectivity index is 2.55. The summed E-state index contributed by atoms with van der Waals surface area (Å²) in [5, 5.41) is 3.53. The first-order valence-electron chi connectivity index (χ1n) is 5.28. The molecule has 1 heterocycles. The van der Waals surface area contributed by atoms with Crippen LogP contribution >= 0.6 is 0 Å². The van der Waals surface area contributed by atoms with Crippen LogP contribution in [0.25, 0.3) is 0 Å². The maximum atomic E-state index is 4.33. The summed E-state index contributed by atoms with van der Waals surface area (Å²) in [7, 11) is 0. The molecular weight excluding hydrogens is 172 g/mol. The van der Waals surface area contributed by atoms with E-state index in [1.165, 1.54) is 0 Å². The molecule has 0 aliphatic carbocycles. The summed E-state index contributed by atoms with van der Waals surface area (Å²) in [4.78, 5) is 4.33. The monoisotopic (exact) mass is 192 g/mol. The quantitative estimate of drug-likeness (QED) is 0.793. The van der Waals surface area contributed by atoms with Crippen LogP contribution in [0.2, 0.25) is 0 Å². The van der Waals surface area contributed by atoms with Gasteiger partial charge in [-0.2, -0.15) is 0 Å². The van der Waals surface area contributed by atoms with Crippen LogP contribution in [0, 0.1) is 5.92 Å². The molecule has 0 aliphatic rings. The van der Waals surface area contributed by atoms with Gasteiger partial charge in [0.25, 0.3) is 0 Å². The molecule has 1 unspecified atom stereocenters. The molecule has 0 amide bonds. The molecule has 78 valence electrons. The Labute approximate surface area is 86.8 Å². The lowest BCUT2D eigenvalue weighted by Crippen LogP contribution is -2.33. The first-order valence-corrected chi connectivity index (χ1v) is 5.28. The van der Waals surface area contributed by atoms with Gasteiger partial charge in [-0.15, -0.1) is 0 Å². The van der Waals surface area contributed by atoms with E-state index in [-0.39, 0.29) is 0 Å². The van der Waals surface area contributed by atoms with E-state index in [9.17, 15) is 0 Å². The smallest absolute Gasteiger partial charge is 0.0570 e. The van der Waals surface area contributed by atoms with E-state index in [1.54, 1.807) is 0 Å². The van der Waals surface area contributed by atoms with Crippen molar-refractivity contribution in [1.29, 1.82) is 0 Å². The molecule has 0 radical (unpaired) electrons. The van der Waals surface area contributed by atoms with E-state index >= 15 is 0 Å². The Morgan fingerprint density at radius 2 is 1.86 bits per heavy atom. The van der Waals surface area contributed by atoms with Crippen molar-refractivity contribution in [2.75, 3.05) is 0 Å². The zero-order valence-corrected chi connectivity index (χ0v) is 9.49. The summed E-state index contributed by atoms with van der Waals surface area (Å²) >= 11 is 0. The Hall–Kier alpha value is -0.890. The molecule has 0 spiro atoms. The predicted octanol–water partition coefficient (Wildman–Crippen LogP) is 2.78. The second kappa shape index (κ2) is 5.11. The Morgan fingerprint density at radius 1 is 1.14 bits per heavy atom. The zero-order chi connectivity index (χ0) is 10.6. The summed E-state index contributed by atoms with van der Waals surface area (Å²) in [6, 6.07) is 6.88. The van der Waals surface area contributed by atoms with Crippen molar-refractivity contribution in [2.45, 2.75) is 39.8 Å². The van der Waals surface area contributed by atoms with Gasteiger partial charge < -0.3 is 5.32 Å². The Kier molecular flexibility index (Phi) is 4.08. The second-order valence-corrected chi connectivity index (χ2v) is 4.18. The van der Waals surface area contributed by atoms with Gasteiger partial charge in [0.15, 0.2) is 0 Å². The third-order valence-corrected chi connectivity index (χ3v) is 2.64. The molecule has 1 N–H and O–H groups in total. The maximum absolute atomic E-state index is 4.33. The topological polar surface area (TPSA) is 24.9 Å². The van der Waals surface area contributed by atoms with Gasteiger partial charge >= 0.3 is 0 Å². The molecule has 1 rings (SSSR count). The highest BCUT2D eigenvalue weighted by atomic mass is 15.0. The van der Waals surface area contributed by atoms with Crippen LogP contribution < -0.4 is 5.32 Å². The lowest BCUT2D eigenvalue weighted by molar-refractivity contribution is 0.385. The highest BCUT2D eigenvalue weighted by molar-refractivity contribution is 5.07. The molecule has 0 saturated heterocycles. The third kappa shape index (κ3) is 3.11. The summed E-state index contributed by atoms with van der Waals surface area (Å²) in [5.41, 5.74) is 1.11. The van der Waals surface area contributed by atoms with Crippen LogP contribution in [0.4, 0.5) is 0 Å². The molecule has 0 fully saturated rings. The van der Waals surface area contributed by atoms with Crippen LogP contribution in [0.5, 0.6) is 0 Å². The standard InChI is InChI=1S/C12H20N2/c1-9(2)10(3)14-11(4)12-7-5-6-8-13-12/h5-11,14H,1-4H3/t10?,11-/m1/s1. The molecular formula is C12H20N2. The fourth-order valence-electron chi connectivity index (χ4n) is 1.30. The van der Waals surface area contributed by atoms with Crippen LogP contribution in [-0.4, -0.2) is 11.0 Å². The maximum Gasteiger partial charge on any atom is 0.0570 e. The van der Waals surface area contributed by atoms with Crippen molar-refractivity contribution in [3.8, 4) is 0 Å². The predicted molar refractivity (Wildman–Crippen MR) is 60.1 cm³/mol. The minimum absolute atomic E-state index is 0.327. The summed E-state index contributed by atoms with van der Waals surface area (Å²) in [6.07, 6.45) is 1.84. The van der Waals surface area contributed by atoms with E-state index in [4.69, 9.17) is 0 Å². The van der Waals surface area contributed by atoms with Crippen molar-refractivity contribution >= 4 is 0 Å². The van der Waals surface area contributed by atoms with E-state index < -0.39 is 0 Å². The average molecular weight is 192 g/mol. The molecule has 1 aromatic heterocycles. The van der Waals surface area contributed by atoms with Gasteiger partial charge in [-0.05, 0) is 31.9 Å². The number of hydrogen-bond donors (Lipinski definition) is 1. The van der Waals surface area contributed by atoms with Gasteiger partial charge in [0.1, 0.15) is 0 Å². The SMILES string of the molecule is CC(C)C(C)N[C@H](C)c1ccccn1. The van der Waals surface area contributed by atoms with Gasteiger partial charge in [0, 0.05) is 18.3 Å². The van der Waals surface area contributed by atoms with Gasteiger partial charge in [-0.1, -0.05) is 19.9 Å². The van der Waals surface area contributed by atoms with Gasteiger partial charge in [0.05, 0.1) is 5.69 Å². The molecule has 14 heavy (non-hydrogen) atoms. The summed E-state index contributed by atoms with van der Waals surface area (Å²) in [6.45, 7) is 8.82. The lowest BCUT2D eigenvalue weighted by atomic mass is 10.0. The van der Waals surface area contributed by atoms with E-state index in [2.05, 4.69) is 44.1 Å². The Bertz CT molecular complexity index is 256. The fourth-order valence-corrected chi connectivity index (χ4v) is 1.30. The van der Waals surface area contributed by atoms with E-state index in [1.807, 2.05) is 18.3 Å². The number of nitrogens with zero attached hydrogens (tertiary/aromatic N) is 1. The van der Waals surface area contributed by atoms with Crippen molar-refractivity contribution in [3.05, 3.63) is 30.1 Å². The van der Waals surface area contributed by atoms with Crippen LogP contribution in [0.1, 0.15) is 39.4 Å². The van der Waals surface area contributed by atoms with E-state index in [0.29, 0.717) is 18.0 Å². The lowest BCUT2D eigenvalue weighted by Gasteiger charge is -2.22. The fraction of sp³-hybridized carbons (Fsp3) is 0.583. The number of pyridine rings is 1. The largest absolute Gasteiger partial charge is 0.306 e. The first-order chi connectivity index (χ1) is 6.61. The molecule has 2 nitrogen and oxygen atoms in total. The number of nitrogens with one attached hydrogen (secondary N) is 1. The molecule has 0 bridgehead atoms.